The smallest absolute Gasteiger partial charge is 0.366 e. The molecule has 0 spiro atoms. The summed E-state index contributed by atoms with van der Waals surface area (Å²) in [7, 11) is 0. The predicted molar refractivity (Wildman–Crippen MR) is 83.0 cm³/mol. The average molecular weight is 440 g/mol. The Kier molecular flexibility index (Phi) is 4.83. The Morgan fingerprint density at radius 1 is 1.03 bits per heavy atom. The van der Waals surface area contributed by atoms with E-state index < -0.39 is 57.7 Å². The molecule has 0 aliphatic heterocycles. The molecule has 30 heavy (non-hydrogen) atoms. The molecule has 0 atom stereocenters. The normalized spacial score (nSPS) is 12.9. The van der Waals surface area contributed by atoms with Gasteiger partial charge in [-0.1, -0.05) is 11.2 Å². The molecule has 14 heteroatoms. The lowest BCUT2D eigenvalue weighted by atomic mass is 9.87. The van der Waals surface area contributed by atoms with Gasteiger partial charge in [-0.05, 0) is 6.07 Å². The average Bonchev–Trinajstić information content (AvgIpc) is 3.30. The van der Waals surface area contributed by atoms with Gasteiger partial charge in [0.2, 0.25) is 5.91 Å². The van der Waals surface area contributed by atoms with E-state index in [9.17, 15) is 39.9 Å². The van der Waals surface area contributed by atoms with Crippen molar-refractivity contribution in [2.75, 3.05) is 0 Å². The first-order valence-corrected chi connectivity index (χ1v) is 7.70. The maximum absolute atomic E-state index is 14.5. The summed E-state index contributed by atoms with van der Waals surface area (Å²) in [5, 5.41) is 8.27. The van der Waals surface area contributed by atoms with E-state index in [0.717, 1.165) is 18.4 Å². The van der Waals surface area contributed by atoms with E-state index in [-0.39, 0.29) is 11.9 Å². The molecular formula is C16H8F8N4O2. The number of carbonyl (C=O) groups is 1. The Morgan fingerprint density at radius 2 is 1.70 bits per heavy atom. The lowest BCUT2D eigenvalue weighted by Gasteiger charge is -2.26. The van der Waals surface area contributed by atoms with Crippen LogP contribution in [0.5, 0.6) is 0 Å². The summed E-state index contributed by atoms with van der Waals surface area (Å²) < 4.78 is 113. The number of aromatic nitrogens is 3. The van der Waals surface area contributed by atoms with Crippen molar-refractivity contribution in [3.05, 3.63) is 47.3 Å². The van der Waals surface area contributed by atoms with Crippen molar-refractivity contribution in [3.63, 3.8) is 0 Å². The second-order valence-corrected chi connectivity index (χ2v) is 5.89. The number of amides is 1. The third-order valence-electron chi connectivity index (χ3n) is 4.05. The van der Waals surface area contributed by atoms with Gasteiger partial charge in [-0.15, -0.1) is 0 Å². The van der Waals surface area contributed by atoms with Crippen molar-refractivity contribution in [2.45, 2.75) is 18.3 Å². The number of rotatable bonds is 4. The Balaban J connectivity index is 2.54. The molecular weight excluding hydrogens is 432 g/mol. The fraction of sp³-hybridized carbons (Fsp3) is 0.188. The molecule has 3 N–H and O–H groups in total. The lowest BCUT2D eigenvalue weighted by molar-refractivity contribution is -0.289. The van der Waals surface area contributed by atoms with Gasteiger partial charge in [0.1, 0.15) is 17.5 Å². The van der Waals surface area contributed by atoms with E-state index >= 15 is 0 Å². The monoisotopic (exact) mass is 440 g/mol. The molecule has 0 unspecified atom stereocenters. The van der Waals surface area contributed by atoms with E-state index in [4.69, 9.17) is 5.73 Å². The molecule has 0 bridgehead atoms. The van der Waals surface area contributed by atoms with Crippen LogP contribution in [-0.4, -0.2) is 27.4 Å². The maximum atomic E-state index is 14.5. The van der Waals surface area contributed by atoms with Gasteiger partial charge in [0.05, 0.1) is 17.5 Å². The van der Waals surface area contributed by atoms with Gasteiger partial charge in [0, 0.05) is 22.8 Å². The molecule has 0 saturated heterocycles. The molecule has 3 aromatic rings. The highest BCUT2D eigenvalue weighted by atomic mass is 19.4. The SMILES string of the molecule is NC(=O)c1ccc(-c2ccon2)c(-c2[nH]ncc2C(F)(F)F)c1C(F)(F)C(F)(F)F. The number of benzene rings is 1. The summed E-state index contributed by atoms with van der Waals surface area (Å²) in [6, 6.07) is 2.38. The van der Waals surface area contributed by atoms with E-state index in [1.807, 2.05) is 0 Å². The summed E-state index contributed by atoms with van der Waals surface area (Å²) in [5.41, 5.74) is -3.61. The standard InChI is InChI=1S/C16H8F8N4O2/c17-14(18,16(22,23)24)11-7(13(25)29)2-1-6(9-3-4-30-28-9)10(11)12-8(5-26-27-12)15(19,20)21/h1-5H,(H2,25,29)(H,26,27). The molecule has 2 aromatic heterocycles. The highest BCUT2D eigenvalue weighted by Gasteiger charge is 2.61. The number of nitrogens with zero attached hydrogens (tertiary/aromatic N) is 2. The predicted octanol–water partition coefficient (Wildman–Crippen LogP) is 4.50. The minimum atomic E-state index is -6.27. The molecule has 0 aliphatic carbocycles. The number of nitrogens with two attached hydrogens (primary N) is 1. The topological polar surface area (TPSA) is 97.8 Å². The van der Waals surface area contributed by atoms with Crippen LogP contribution in [0.1, 0.15) is 21.5 Å². The molecule has 0 aliphatic rings. The molecule has 3 rings (SSSR count). The number of alkyl halides is 8. The van der Waals surface area contributed by atoms with Crippen LogP contribution in [0.25, 0.3) is 22.5 Å². The second-order valence-electron chi connectivity index (χ2n) is 5.89. The van der Waals surface area contributed by atoms with Gasteiger partial charge in [-0.2, -0.15) is 40.2 Å². The van der Waals surface area contributed by atoms with Crippen LogP contribution >= 0.6 is 0 Å². The molecule has 6 nitrogen and oxygen atoms in total. The largest absolute Gasteiger partial charge is 0.458 e. The first-order valence-electron chi connectivity index (χ1n) is 7.70. The van der Waals surface area contributed by atoms with Crippen LogP contribution in [0.2, 0.25) is 0 Å². The van der Waals surface area contributed by atoms with Crippen LogP contribution in [0, 0.1) is 0 Å². The third-order valence-corrected chi connectivity index (χ3v) is 4.05. The van der Waals surface area contributed by atoms with Crippen LogP contribution in [0.4, 0.5) is 35.1 Å². The number of hydrogen-bond donors (Lipinski definition) is 2. The van der Waals surface area contributed by atoms with Crippen LogP contribution in [0.15, 0.2) is 35.2 Å². The summed E-state index contributed by atoms with van der Waals surface area (Å²) >= 11 is 0. The first kappa shape index (κ1) is 21.3. The van der Waals surface area contributed by atoms with Gasteiger partial charge in [-0.25, -0.2) is 0 Å². The molecule has 2 heterocycles. The van der Waals surface area contributed by atoms with Crippen LogP contribution < -0.4 is 5.73 Å². The van der Waals surface area contributed by atoms with Gasteiger partial charge in [0.25, 0.3) is 0 Å². The van der Waals surface area contributed by atoms with Gasteiger partial charge < -0.3 is 10.3 Å². The Labute approximate surface area is 160 Å². The van der Waals surface area contributed by atoms with Gasteiger partial charge in [-0.3, -0.25) is 9.89 Å². The Morgan fingerprint density at radius 3 is 2.20 bits per heavy atom. The first-order chi connectivity index (χ1) is 13.8. The van der Waals surface area contributed by atoms with E-state index in [2.05, 4.69) is 14.8 Å². The summed E-state index contributed by atoms with van der Waals surface area (Å²) in [4.78, 5) is 11.6. The number of carbonyl (C=O) groups excluding carboxylic acids is 1. The summed E-state index contributed by atoms with van der Waals surface area (Å²) in [5.74, 6) is -7.48. The van der Waals surface area contributed by atoms with Crippen LogP contribution in [-0.2, 0) is 12.1 Å². The quantitative estimate of drug-likeness (QED) is 0.584. The number of halogens is 8. The van der Waals surface area contributed by atoms with Crippen molar-refractivity contribution < 1.29 is 44.4 Å². The van der Waals surface area contributed by atoms with Crippen molar-refractivity contribution in [1.82, 2.24) is 15.4 Å². The van der Waals surface area contributed by atoms with Crippen molar-refractivity contribution in [2.24, 2.45) is 5.73 Å². The number of primary amides is 1. The lowest BCUT2D eigenvalue weighted by Crippen LogP contribution is -2.36. The van der Waals surface area contributed by atoms with Gasteiger partial charge >= 0.3 is 18.3 Å². The fourth-order valence-corrected chi connectivity index (χ4v) is 2.79. The highest BCUT2D eigenvalue weighted by Crippen LogP contribution is 2.52. The number of H-pyrrole nitrogens is 1. The third kappa shape index (κ3) is 3.37. The van der Waals surface area contributed by atoms with Crippen molar-refractivity contribution in [1.29, 1.82) is 0 Å². The Hall–Kier alpha value is -3.45. The molecule has 1 amide bonds. The zero-order chi connectivity index (χ0) is 22.5. The van der Waals surface area contributed by atoms with E-state index in [0.29, 0.717) is 6.07 Å². The number of aromatic amines is 1. The molecule has 160 valence electrons. The molecule has 0 saturated carbocycles. The zero-order valence-corrected chi connectivity index (χ0v) is 14.2. The summed E-state index contributed by atoms with van der Waals surface area (Å²) in [6.45, 7) is 0. The summed E-state index contributed by atoms with van der Waals surface area (Å²) in [6.07, 6.45) is -10.3. The minimum absolute atomic E-state index is 0.203. The maximum Gasteiger partial charge on any atom is 0.458 e. The fourth-order valence-electron chi connectivity index (χ4n) is 2.79. The zero-order valence-electron chi connectivity index (χ0n) is 14.2. The number of hydrogen-bond acceptors (Lipinski definition) is 4. The Bertz CT molecular complexity index is 1080. The minimum Gasteiger partial charge on any atom is -0.366 e. The van der Waals surface area contributed by atoms with Crippen molar-refractivity contribution in [3.8, 4) is 22.5 Å². The highest BCUT2D eigenvalue weighted by molar-refractivity contribution is 5.99. The van der Waals surface area contributed by atoms with E-state index in [1.54, 1.807) is 5.10 Å². The molecule has 0 fully saturated rings. The van der Waals surface area contributed by atoms with Crippen molar-refractivity contribution >= 4 is 5.91 Å². The van der Waals surface area contributed by atoms with Crippen LogP contribution in [0.3, 0.4) is 0 Å². The van der Waals surface area contributed by atoms with E-state index in [1.165, 1.54) is 0 Å². The number of nitrogens with one attached hydrogen (secondary N) is 1. The molecule has 1 aromatic carbocycles. The van der Waals surface area contributed by atoms with Gasteiger partial charge in [0.15, 0.2) is 0 Å². The molecule has 0 radical (unpaired) electrons. The second kappa shape index (κ2) is 6.81.